The number of hydrogen-bond donors (Lipinski definition) is 4. The third-order valence-corrected chi connectivity index (χ3v) is 10.0. The molecule has 0 radical (unpaired) electrons. The van der Waals surface area contributed by atoms with Gasteiger partial charge in [0.05, 0.1) is 43.2 Å². The van der Waals surface area contributed by atoms with Crippen LogP contribution in [0.3, 0.4) is 0 Å². The van der Waals surface area contributed by atoms with Gasteiger partial charge in [-0.1, -0.05) is 63.1 Å². The number of amides is 4. The minimum Gasteiger partial charge on any atom is -0.453 e. The molecule has 4 N–H and O–H groups in total. The normalized spacial score (nSPS) is 15.3. The molecule has 0 spiro atoms. The molecule has 0 aliphatic carbocycles. The molecule has 0 saturated carbocycles. The number of aromatic amines is 2. The second-order valence-corrected chi connectivity index (χ2v) is 14.0. The summed E-state index contributed by atoms with van der Waals surface area (Å²) in [6, 6.07) is 15.7. The van der Waals surface area contributed by atoms with Crippen molar-refractivity contribution < 1.29 is 28.7 Å². The number of likely N-dealkylation sites (tertiary alicyclic amines) is 1. The minimum atomic E-state index is -1.22. The summed E-state index contributed by atoms with van der Waals surface area (Å²) >= 11 is 0. The van der Waals surface area contributed by atoms with Crippen molar-refractivity contribution in [2.75, 3.05) is 27.3 Å². The Morgan fingerprint density at radius 3 is 2.29 bits per heavy atom. The number of imidazole rings is 2. The van der Waals surface area contributed by atoms with Crippen LogP contribution in [-0.4, -0.2) is 93.1 Å². The number of benzene rings is 3. The number of fused-ring (bicyclic) bond motifs is 2. The van der Waals surface area contributed by atoms with Gasteiger partial charge in [0.25, 0.3) is 5.91 Å². The number of ether oxygens (including phenoxy) is 2. The highest BCUT2D eigenvalue weighted by atomic mass is 16.5. The van der Waals surface area contributed by atoms with Gasteiger partial charge in [-0.15, -0.1) is 13.0 Å². The number of aromatic nitrogens is 4. The average molecular weight is 759 g/mol. The zero-order valence-corrected chi connectivity index (χ0v) is 32.1. The average Bonchev–Trinajstić information content (AvgIpc) is 3.85. The van der Waals surface area contributed by atoms with E-state index in [1.54, 1.807) is 17.2 Å². The highest BCUT2D eigenvalue weighted by Gasteiger charge is 2.40. The van der Waals surface area contributed by atoms with Gasteiger partial charge in [0.1, 0.15) is 23.7 Å². The Kier molecular flexibility index (Phi) is 11.7. The second kappa shape index (κ2) is 16.8. The Morgan fingerprint density at radius 1 is 1.00 bits per heavy atom. The molecule has 14 heteroatoms. The number of rotatable bonds is 13. The number of hydrogen-bond acceptors (Lipinski definition) is 8. The number of H-pyrrole nitrogens is 2. The molecule has 56 heavy (non-hydrogen) atoms. The van der Waals surface area contributed by atoms with Crippen molar-refractivity contribution in [3.63, 3.8) is 0 Å². The zero-order valence-electron chi connectivity index (χ0n) is 32.1. The summed E-state index contributed by atoms with van der Waals surface area (Å²) < 4.78 is 9.37. The van der Waals surface area contributed by atoms with Gasteiger partial charge in [0, 0.05) is 18.7 Å². The van der Waals surface area contributed by atoms with Crippen molar-refractivity contribution in [2.24, 2.45) is 5.92 Å². The number of carbonyl (C=O) groups is 4. The van der Waals surface area contributed by atoms with E-state index >= 15 is 0 Å². The van der Waals surface area contributed by atoms with Crippen molar-refractivity contribution in [3.05, 3.63) is 85.1 Å². The fraction of sp³-hybridized carbons (Fsp3) is 0.333. The van der Waals surface area contributed by atoms with Crippen LogP contribution in [0.15, 0.2) is 73.4 Å². The maximum Gasteiger partial charge on any atom is 0.408 e. The maximum atomic E-state index is 13.5. The van der Waals surface area contributed by atoms with Gasteiger partial charge < -0.3 is 34.6 Å². The fourth-order valence-corrected chi connectivity index (χ4v) is 6.93. The molecule has 1 aliphatic rings. The molecule has 0 bridgehead atoms. The Labute approximate surface area is 325 Å². The number of carbonyl (C=O) groups excluding carboxylic acids is 4. The lowest BCUT2D eigenvalue weighted by Crippen LogP contribution is -2.56. The summed E-state index contributed by atoms with van der Waals surface area (Å²) in [6.45, 7) is 10.6. The van der Waals surface area contributed by atoms with E-state index in [0.29, 0.717) is 31.2 Å². The molecule has 5 aromatic rings. The molecule has 4 atom stereocenters. The molecule has 3 heterocycles. The van der Waals surface area contributed by atoms with Gasteiger partial charge in [-0.3, -0.25) is 14.9 Å². The van der Waals surface area contributed by atoms with Crippen LogP contribution in [0, 0.1) is 18.3 Å². The molecule has 2 aromatic heterocycles. The molecule has 0 unspecified atom stereocenters. The number of methoxy groups -OCH3 is 2. The van der Waals surface area contributed by atoms with E-state index in [1.807, 2.05) is 45.0 Å². The van der Waals surface area contributed by atoms with Crippen LogP contribution in [0.4, 0.5) is 9.59 Å². The number of alkyl carbamates (subject to hydrolysis) is 2. The lowest BCUT2D eigenvalue weighted by Gasteiger charge is -2.42. The van der Waals surface area contributed by atoms with Crippen LogP contribution in [0.1, 0.15) is 57.3 Å². The summed E-state index contributed by atoms with van der Waals surface area (Å²) in [7, 11) is 2.48. The van der Waals surface area contributed by atoms with E-state index in [4.69, 9.17) is 16.1 Å². The fourth-order valence-electron chi connectivity index (χ4n) is 6.93. The first-order valence-electron chi connectivity index (χ1n) is 18.5. The van der Waals surface area contributed by atoms with Crippen molar-refractivity contribution >= 4 is 45.8 Å². The molecule has 1 saturated heterocycles. The van der Waals surface area contributed by atoms with Gasteiger partial charge in [0.2, 0.25) is 5.91 Å². The number of nitrogens with zero attached hydrogens (tertiary/aromatic N) is 4. The standard InChI is InChI=1S/C42H46N8O6/c1-8-18-49(39(51)30(9-2)47-41(53)55-6)34(10-3)37-43-23-33(46-37)29-14-13-25-20-26(11-12-27(25)21-29)28-15-16-31-32(22-28)45-38(44-31)35-17-19-50(35)40(52)36(24(4)5)48-42(54)56-7/h2,10-16,20-24,30,34-36H,3,8,17-19H2,1,4-7H3,(H,43,46)(H,44,45)(H,47,53)(H,48,54)/t30-,34-,35-,36-/m0/s1. The molecular formula is C42H46N8O6. The highest BCUT2D eigenvalue weighted by molar-refractivity contribution is 5.92. The topological polar surface area (TPSA) is 175 Å². The monoisotopic (exact) mass is 758 g/mol. The quantitative estimate of drug-likeness (QED) is 0.0805. The first-order valence-corrected chi connectivity index (χ1v) is 18.5. The van der Waals surface area contributed by atoms with Gasteiger partial charge in [-0.05, 0) is 64.9 Å². The second-order valence-electron chi connectivity index (χ2n) is 14.0. The minimum absolute atomic E-state index is 0.114. The SMILES string of the molecule is C#C[C@H](NC(=O)OC)C(=O)N(CCC)[C@@H](C=C)c1ncc(-c2ccc3cc(-c4ccc5[nH]c([C@@H]6CCN6C(=O)[C@@H](NC(=O)OC)C(C)C)nc5c4)ccc3c2)[nH]1. The predicted octanol–water partition coefficient (Wildman–Crippen LogP) is 6.25. The molecule has 1 fully saturated rings. The maximum absolute atomic E-state index is 13.5. The van der Waals surface area contributed by atoms with E-state index in [0.717, 1.165) is 50.6 Å². The highest BCUT2D eigenvalue weighted by Crippen LogP contribution is 2.35. The summed E-state index contributed by atoms with van der Waals surface area (Å²) in [5.74, 6) is 2.80. The molecule has 4 amide bonds. The van der Waals surface area contributed by atoms with E-state index in [1.165, 1.54) is 19.1 Å². The lowest BCUT2D eigenvalue weighted by atomic mass is 9.96. The van der Waals surface area contributed by atoms with Crippen molar-refractivity contribution in [1.82, 2.24) is 40.4 Å². The zero-order chi connectivity index (χ0) is 40.1. The Morgan fingerprint density at radius 2 is 1.66 bits per heavy atom. The number of nitrogens with one attached hydrogen (secondary N) is 4. The van der Waals surface area contributed by atoms with E-state index in [2.05, 4.69) is 73.2 Å². The predicted molar refractivity (Wildman–Crippen MR) is 213 cm³/mol. The van der Waals surface area contributed by atoms with Crippen molar-refractivity contribution in [2.45, 2.75) is 57.8 Å². The summed E-state index contributed by atoms with van der Waals surface area (Å²) in [4.78, 5) is 70.1. The van der Waals surface area contributed by atoms with Gasteiger partial charge >= 0.3 is 12.2 Å². The third-order valence-electron chi connectivity index (χ3n) is 10.0. The molecule has 6 rings (SSSR count). The molecule has 3 aromatic carbocycles. The van der Waals surface area contributed by atoms with Crippen LogP contribution in [0.5, 0.6) is 0 Å². The summed E-state index contributed by atoms with van der Waals surface area (Å²) in [5.41, 5.74) is 5.35. The third kappa shape index (κ3) is 7.93. The van der Waals surface area contributed by atoms with Crippen LogP contribution >= 0.6 is 0 Å². The Bertz CT molecular complexity index is 2320. The van der Waals surface area contributed by atoms with Gasteiger partial charge in [-0.2, -0.15) is 0 Å². The van der Waals surface area contributed by atoms with Crippen LogP contribution in [-0.2, 0) is 19.1 Å². The van der Waals surface area contributed by atoms with E-state index in [9.17, 15) is 19.2 Å². The summed E-state index contributed by atoms with van der Waals surface area (Å²) in [6.07, 6.45) is 8.90. The van der Waals surface area contributed by atoms with Crippen molar-refractivity contribution in [3.8, 4) is 34.7 Å². The first kappa shape index (κ1) is 39.1. The molecule has 290 valence electrons. The first-order chi connectivity index (χ1) is 27.0. The molecule has 1 aliphatic heterocycles. The van der Waals surface area contributed by atoms with Gasteiger partial charge in [0.15, 0.2) is 6.04 Å². The molecule has 14 nitrogen and oxygen atoms in total. The lowest BCUT2D eigenvalue weighted by molar-refractivity contribution is -0.142. The largest absolute Gasteiger partial charge is 0.453 e. The van der Waals surface area contributed by atoms with Crippen LogP contribution in [0.2, 0.25) is 0 Å². The van der Waals surface area contributed by atoms with Gasteiger partial charge in [-0.25, -0.2) is 19.6 Å². The Hall–Kier alpha value is -6.62. The van der Waals surface area contributed by atoms with Crippen LogP contribution in [0.25, 0.3) is 44.2 Å². The van der Waals surface area contributed by atoms with Crippen molar-refractivity contribution in [1.29, 1.82) is 0 Å². The molecular weight excluding hydrogens is 713 g/mol. The van der Waals surface area contributed by atoms with Crippen LogP contribution < -0.4 is 10.6 Å². The van der Waals surface area contributed by atoms with E-state index in [-0.39, 0.29) is 17.9 Å². The summed E-state index contributed by atoms with van der Waals surface area (Å²) in [5, 5.41) is 7.14. The number of terminal acetylenes is 1. The smallest absolute Gasteiger partial charge is 0.408 e. The Balaban J connectivity index is 1.19. The van der Waals surface area contributed by atoms with E-state index < -0.39 is 36.2 Å².